The zero-order valence-corrected chi connectivity index (χ0v) is 19.4. The number of hydrogen-bond acceptors (Lipinski definition) is 6. The van der Waals surface area contributed by atoms with Gasteiger partial charge in [0.2, 0.25) is 15.9 Å². The van der Waals surface area contributed by atoms with E-state index in [9.17, 15) is 18.0 Å². The van der Waals surface area contributed by atoms with Crippen LogP contribution in [0.25, 0.3) is 6.08 Å². The minimum absolute atomic E-state index is 0.0366. The molecule has 3 rings (SSSR count). The molecule has 0 aliphatic carbocycles. The second-order valence-corrected chi connectivity index (χ2v) is 10.4. The van der Waals surface area contributed by atoms with Crippen LogP contribution in [-0.2, 0) is 19.6 Å². The lowest BCUT2D eigenvalue weighted by Crippen LogP contribution is -2.31. The Kier molecular flexibility index (Phi) is 7.09. The average molecular weight is 526 g/mol. The standard InChI is InChI=1S/C19H16BrN3O4S3/c20-13-3-1-12(2-4-13)11-16-18(25)23(19(28)29-16)10-9-17(24)22-14-5-7-15(8-6-14)30(21,26)27/h1-8,11H,9-10H2,(H,22,24)(H2,21,26,27)/b16-11-. The number of carbonyl (C=O) groups excluding carboxylic acids is 2. The number of amides is 2. The first kappa shape index (κ1) is 22.6. The van der Waals surface area contributed by atoms with Gasteiger partial charge in [-0.15, -0.1) is 0 Å². The lowest BCUT2D eigenvalue weighted by atomic mass is 10.2. The summed E-state index contributed by atoms with van der Waals surface area (Å²) >= 11 is 9.85. The summed E-state index contributed by atoms with van der Waals surface area (Å²) in [5, 5.41) is 7.69. The van der Waals surface area contributed by atoms with E-state index < -0.39 is 10.0 Å². The van der Waals surface area contributed by atoms with Gasteiger partial charge in [0.25, 0.3) is 5.91 Å². The van der Waals surface area contributed by atoms with Crippen molar-refractivity contribution in [1.82, 2.24) is 4.90 Å². The first-order valence-electron chi connectivity index (χ1n) is 8.57. The van der Waals surface area contributed by atoms with Crippen molar-refractivity contribution in [2.45, 2.75) is 11.3 Å². The highest BCUT2D eigenvalue weighted by Gasteiger charge is 2.32. The van der Waals surface area contributed by atoms with Crippen molar-refractivity contribution in [3.05, 3.63) is 63.5 Å². The van der Waals surface area contributed by atoms with Crippen molar-refractivity contribution in [1.29, 1.82) is 0 Å². The van der Waals surface area contributed by atoms with Gasteiger partial charge in [-0.25, -0.2) is 13.6 Å². The zero-order valence-electron chi connectivity index (χ0n) is 15.4. The molecule has 1 aliphatic heterocycles. The van der Waals surface area contributed by atoms with Gasteiger partial charge >= 0.3 is 0 Å². The van der Waals surface area contributed by atoms with Crippen molar-refractivity contribution < 1.29 is 18.0 Å². The number of carbonyl (C=O) groups is 2. The molecule has 3 N–H and O–H groups in total. The molecular formula is C19H16BrN3O4S3. The maximum Gasteiger partial charge on any atom is 0.266 e. The van der Waals surface area contributed by atoms with Crippen LogP contribution in [0.5, 0.6) is 0 Å². The van der Waals surface area contributed by atoms with Gasteiger partial charge in [0.05, 0.1) is 9.80 Å². The van der Waals surface area contributed by atoms with E-state index in [0.29, 0.717) is 14.9 Å². The molecule has 2 amide bonds. The summed E-state index contributed by atoms with van der Waals surface area (Å²) in [5.41, 5.74) is 1.30. The van der Waals surface area contributed by atoms with E-state index in [0.717, 1.165) is 10.0 Å². The van der Waals surface area contributed by atoms with Crippen LogP contribution < -0.4 is 10.5 Å². The molecule has 7 nitrogen and oxygen atoms in total. The Labute approximate surface area is 191 Å². The Balaban J connectivity index is 1.58. The molecular weight excluding hydrogens is 510 g/mol. The van der Waals surface area contributed by atoms with Crippen LogP contribution in [0.4, 0.5) is 5.69 Å². The SMILES string of the molecule is NS(=O)(=O)c1ccc(NC(=O)CCN2C(=O)/C(=C/c3ccc(Br)cc3)SC2=S)cc1. The summed E-state index contributed by atoms with van der Waals surface area (Å²) < 4.78 is 23.9. The quantitative estimate of drug-likeness (QED) is 0.442. The smallest absolute Gasteiger partial charge is 0.266 e. The predicted octanol–water partition coefficient (Wildman–Crippen LogP) is 3.33. The zero-order chi connectivity index (χ0) is 21.9. The Morgan fingerprint density at radius 3 is 2.40 bits per heavy atom. The highest BCUT2D eigenvalue weighted by atomic mass is 79.9. The van der Waals surface area contributed by atoms with E-state index in [-0.39, 0.29) is 29.7 Å². The number of rotatable bonds is 6. The minimum Gasteiger partial charge on any atom is -0.326 e. The van der Waals surface area contributed by atoms with Crippen molar-refractivity contribution in [3.63, 3.8) is 0 Å². The van der Waals surface area contributed by atoms with Crippen molar-refractivity contribution >= 4 is 77.8 Å². The number of nitrogens with one attached hydrogen (secondary N) is 1. The van der Waals surface area contributed by atoms with E-state index in [2.05, 4.69) is 21.2 Å². The van der Waals surface area contributed by atoms with Crippen LogP contribution in [0.1, 0.15) is 12.0 Å². The van der Waals surface area contributed by atoms with Crippen LogP contribution in [0, 0.1) is 0 Å². The van der Waals surface area contributed by atoms with E-state index in [1.54, 1.807) is 6.08 Å². The Hall–Kier alpha value is -2.05. The van der Waals surface area contributed by atoms with Crippen molar-refractivity contribution in [2.75, 3.05) is 11.9 Å². The maximum absolute atomic E-state index is 12.6. The van der Waals surface area contributed by atoms with Gasteiger partial charge in [-0.3, -0.25) is 14.5 Å². The second kappa shape index (κ2) is 9.40. The monoisotopic (exact) mass is 525 g/mol. The second-order valence-electron chi connectivity index (χ2n) is 6.25. The highest BCUT2D eigenvalue weighted by molar-refractivity contribution is 9.10. The molecule has 2 aromatic rings. The number of halogens is 1. The average Bonchev–Trinajstić information content (AvgIpc) is 2.94. The molecule has 0 unspecified atom stereocenters. The van der Waals surface area contributed by atoms with Gasteiger partial charge in [0.15, 0.2) is 0 Å². The number of nitrogens with zero attached hydrogens (tertiary/aromatic N) is 1. The molecule has 1 heterocycles. The molecule has 0 spiro atoms. The van der Waals surface area contributed by atoms with Gasteiger partial charge in [-0.2, -0.15) is 0 Å². The molecule has 2 aromatic carbocycles. The molecule has 11 heteroatoms. The first-order chi connectivity index (χ1) is 14.1. The number of hydrogen-bond donors (Lipinski definition) is 2. The lowest BCUT2D eigenvalue weighted by Gasteiger charge is -2.14. The Morgan fingerprint density at radius 1 is 1.17 bits per heavy atom. The summed E-state index contributed by atoms with van der Waals surface area (Å²) in [4.78, 5) is 26.7. The third-order valence-corrected chi connectivity index (χ3v) is 6.91. The van der Waals surface area contributed by atoms with Crippen molar-refractivity contribution in [2.24, 2.45) is 5.14 Å². The molecule has 0 bridgehead atoms. The number of thioether (sulfide) groups is 1. The Bertz CT molecular complexity index is 1130. The summed E-state index contributed by atoms with van der Waals surface area (Å²) in [5.74, 6) is -0.567. The number of anilines is 1. The third-order valence-electron chi connectivity index (χ3n) is 4.07. The number of primary sulfonamides is 1. The van der Waals surface area contributed by atoms with Crippen LogP contribution in [0.2, 0.25) is 0 Å². The first-order valence-corrected chi connectivity index (χ1v) is 12.1. The van der Waals surface area contributed by atoms with Gasteiger partial charge in [0, 0.05) is 23.1 Å². The molecule has 0 radical (unpaired) electrons. The van der Waals surface area contributed by atoms with Crippen LogP contribution in [-0.4, -0.2) is 36.0 Å². The summed E-state index contributed by atoms with van der Waals surface area (Å²) in [6.45, 7) is 0.142. The van der Waals surface area contributed by atoms with Gasteiger partial charge < -0.3 is 5.32 Å². The van der Waals surface area contributed by atoms with Crippen molar-refractivity contribution in [3.8, 4) is 0 Å². The fourth-order valence-corrected chi connectivity index (χ4v) is 4.66. The highest BCUT2D eigenvalue weighted by Crippen LogP contribution is 2.32. The van der Waals surface area contributed by atoms with E-state index in [1.807, 2.05) is 24.3 Å². The topological polar surface area (TPSA) is 110 Å². The number of sulfonamides is 1. The molecule has 0 aromatic heterocycles. The summed E-state index contributed by atoms with van der Waals surface area (Å²) in [6, 6.07) is 13.0. The van der Waals surface area contributed by atoms with Gasteiger partial charge in [-0.1, -0.05) is 52.0 Å². The van der Waals surface area contributed by atoms with Crippen LogP contribution in [0.3, 0.4) is 0 Å². The van der Waals surface area contributed by atoms with Gasteiger partial charge in [0.1, 0.15) is 4.32 Å². The maximum atomic E-state index is 12.6. The normalized spacial score (nSPS) is 15.7. The molecule has 1 aliphatic rings. The summed E-state index contributed by atoms with van der Waals surface area (Å²) in [6.07, 6.45) is 1.80. The largest absolute Gasteiger partial charge is 0.326 e. The van der Waals surface area contributed by atoms with E-state index in [4.69, 9.17) is 17.4 Å². The van der Waals surface area contributed by atoms with E-state index in [1.165, 1.54) is 40.9 Å². The van der Waals surface area contributed by atoms with Crippen LogP contribution in [0.15, 0.2) is 62.8 Å². The molecule has 1 saturated heterocycles. The third kappa shape index (κ3) is 5.76. The van der Waals surface area contributed by atoms with E-state index >= 15 is 0 Å². The fourth-order valence-electron chi connectivity index (χ4n) is 2.57. The summed E-state index contributed by atoms with van der Waals surface area (Å²) in [7, 11) is -3.79. The molecule has 0 atom stereocenters. The molecule has 156 valence electrons. The number of thiocarbonyl (C=S) groups is 1. The fraction of sp³-hybridized carbons (Fsp3) is 0.105. The number of benzene rings is 2. The predicted molar refractivity (Wildman–Crippen MR) is 125 cm³/mol. The van der Waals surface area contributed by atoms with Crippen LogP contribution >= 0.6 is 39.9 Å². The Morgan fingerprint density at radius 2 is 1.80 bits per heavy atom. The number of nitrogens with two attached hydrogens (primary N) is 1. The van der Waals surface area contributed by atoms with Gasteiger partial charge in [-0.05, 0) is 48.0 Å². The lowest BCUT2D eigenvalue weighted by molar-refractivity contribution is -0.122. The minimum atomic E-state index is -3.79. The molecule has 0 saturated carbocycles. The molecule has 1 fully saturated rings. The molecule has 30 heavy (non-hydrogen) atoms.